The second kappa shape index (κ2) is 7.09. The van der Waals surface area contributed by atoms with E-state index in [0.29, 0.717) is 0 Å². The van der Waals surface area contributed by atoms with E-state index in [2.05, 4.69) is 69.2 Å². The first kappa shape index (κ1) is 19.3. The van der Waals surface area contributed by atoms with Crippen molar-refractivity contribution in [1.82, 2.24) is 0 Å². The van der Waals surface area contributed by atoms with Crippen molar-refractivity contribution in [3.8, 4) is 0 Å². The van der Waals surface area contributed by atoms with E-state index in [1.54, 1.807) is 0 Å². The molecule has 136 valence electrons. The summed E-state index contributed by atoms with van der Waals surface area (Å²) in [6.07, 6.45) is 1.48. The lowest BCUT2D eigenvalue weighted by Gasteiger charge is -2.52. The third-order valence-electron chi connectivity index (χ3n) is 9.88. The Morgan fingerprint density at radius 2 is 0.478 bits per heavy atom. The molecule has 0 heterocycles. The Morgan fingerprint density at radius 3 is 0.696 bits per heavy atom. The molecule has 0 spiro atoms. The number of hydrogen-bond donors (Lipinski definition) is 0. The fraction of sp³-hybridized carbons (Fsp3) is 1.00. The summed E-state index contributed by atoms with van der Waals surface area (Å²) in [6.45, 7) is 25.3. The summed E-state index contributed by atoms with van der Waals surface area (Å²) in [4.78, 5) is 0. The molecule has 23 heavy (non-hydrogen) atoms. The number of hydrogen-bond acceptors (Lipinski definition) is 0. The van der Waals surface area contributed by atoms with Crippen LogP contribution in [-0.4, -0.2) is 0 Å². The maximum absolute atomic E-state index is 2.56. The third kappa shape index (κ3) is 3.25. The van der Waals surface area contributed by atoms with Crippen molar-refractivity contribution in [2.24, 2.45) is 71.0 Å². The molecule has 0 aromatic heterocycles. The Morgan fingerprint density at radius 1 is 0.304 bits per heavy atom. The Hall–Kier alpha value is 0. The molecule has 0 heteroatoms. The van der Waals surface area contributed by atoms with Crippen molar-refractivity contribution in [1.29, 1.82) is 0 Å². The van der Waals surface area contributed by atoms with E-state index in [1.807, 2.05) is 0 Å². The van der Waals surface area contributed by atoms with Crippen molar-refractivity contribution in [3.63, 3.8) is 0 Å². The minimum absolute atomic E-state index is 0.883. The van der Waals surface area contributed by atoms with Crippen LogP contribution < -0.4 is 0 Å². The van der Waals surface area contributed by atoms with Crippen molar-refractivity contribution >= 4 is 0 Å². The van der Waals surface area contributed by atoms with Crippen LogP contribution in [-0.2, 0) is 0 Å². The Kier molecular flexibility index (Phi) is 5.95. The highest BCUT2D eigenvalue weighted by Crippen LogP contribution is 2.53. The van der Waals surface area contributed by atoms with E-state index in [9.17, 15) is 0 Å². The zero-order valence-electron chi connectivity index (χ0n) is 17.6. The molecule has 8 unspecified atom stereocenters. The largest absolute Gasteiger partial charge is 0.0620 e. The summed E-state index contributed by atoms with van der Waals surface area (Å²) >= 11 is 0. The van der Waals surface area contributed by atoms with Crippen LogP contribution in [0.4, 0.5) is 0 Å². The standard InChI is InChI=1S/C23H44/c1-12-14(3)18(7)22(19(8)15(12)4)11-23-20(9)16(5)13(2)17(6)21(23)10/h12-23H,11H2,1-10H3. The fourth-order valence-electron chi connectivity index (χ4n) is 6.56. The molecule has 0 aromatic carbocycles. The van der Waals surface area contributed by atoms with Gasteiger partial charge in [-0.15, -0.1) is 0 Å². The lowest BCUT2D eigenvalue weighted by atomic mass is 9.53. The van der Waals surface area contributed by atoms with Gasteiger partial charge in [-0.25, -0.2) is 0 Å². The third-order valence-corrected chi connectivity index (χ3v) is 9.88. The Bertz CT molecular complexity index is 317. The summed E-state index contributed by atoms with van der Waals surface area (Å²) in [5.74, 6) is 10.7. The SMILES string of the molecule is CC1C(C)C(C)C(CC2C(C)C(C)C(C)C(C)C2C)C(C)C1C. The number of rotatable bonds is 2. The highest BCUT2D eigenvalue weighted by Gasteiger charge is 2.46. The van der Waals surface area contributed by atoms with Crippen LogP contribution >= 0.6 is 0 Å². The average Bonchev–Trinajstić information content (AvgIpc) is 2.54. The minimum atomic E-state index is 0.883. The second-order valence-corrected chi connectivity index (χ2v) is 10.2. The van der Waals surface area contributed by atoms with Gasteiger partial charge in [-0.2, -0.15) is 0 Å². The molecular formula is C23H44. The van der Waals surface area contributed by atoms with Gasteiger partial charge in [0.15, 0.2) is 0 Å². The van der Waals surface area contributed by atoms with Gasteiger partial charge < -0.3 is 0 Å². The maximum Gasteiger partial charge on any atom is -0.0355 e. The van der Waals surface area contributed by atoms with Crippen LogP contribution in [0.25, 0.3) is 0 Å². The monoisotopic (exact) mass is 320 g/mol. The highest BCUT2D eigenvalue weighted by molar-refractivity contribution is 4.95. The smallest absolute Gasteiger partial charge is 0.0355 e. The van der Waals surface area contributed by atoms with Crippen LogP contribution in [0.2, 0.25) is 0 Å². The highest BCUT2D eigenvalue weighted by atomic mass is 14.5. The van der Waals surface area contributed by atoms with Gasteiger partial charge in [0.25, 0.3) is 0 Å². The average molecular weight is 321 g/mol. The summed E-state index contributed by atoms with van der Waals surface area (Å²) in [6, 6.07) is 0. The van der Waals surface area contributed by atoms with E-state index in [-0.39, 0.29) is 0 Å². The van der Waals surface area contributed by atoms with Crippen LogP contribution in [0.15, 0.2) is 0 Å². The van der Waals surface area contributed by atoms with Crippen LogP contribution in [0.3, 0.4) is 0 Å². The van der Waals surface area contributed by atoms with Gasteiger partial charge in [-0.3, -0.25) is 0 Å². The fourth-order valence-corrected chi connectivity index (χ4v) is 6.56. The predicted octanol–water partition coefficient (Wildman–Crippen LogP) is 7.00. The molecule has 0 bridgehead atoms. The van der Waals surface area contributed by atoms with Crippen molar-refractivity contribution in [2.45, 2.75) is 75.7 Å². The van der Waals surface area contributed by atoms with Crippen molar-refractivity contribution in [3.05, 3.63) is 0 Å². The van der Waals surface area contributed by atoms with Crippen LogP contribution in [0.1, 0.15) is 75.7 Å². The molecule has 2 aliphatic carbocycles. The molecule has 0 amide bonds. The van der Waals surface area contributed by atoms with Crippen LogP contribution in [0, 0.1) is 71.0 Å². The van der Waals surface area contributed by atoms with Gasteiger partial charge in [-0.05, 0) is 77.4 Å². The lowest BCUT2D eigenvalue weighted by Crippen LogP contribution is -2.46. The summed E-state index contributed by atoms with van der Waals surface area (Å²) in [5, 5.41) is 0. The molecular weight excluding hydrogens is 276 g/mol. The van der Waals surface area contributed by atoms with E-state index in [0.717, 1.165) is 71.0 Å². The molecule has 8 atom stereocenters. The quantitative estimate of drug-likeness (QED) is 0.514. The molecule has 0 nitrogen and oxygen atoms in total. The van der Waals surface area contributed by atoms with Crippen LogP contribution in [0.5, 0.6) is 0 Å². The maximum atomic E-state index is 2.56. The van der Waals surface area contributed by atoms with E-state index >= 15 is 0 Å². The van der Waals surface area contributed by atoms with Crippen molar-refractivity contribution < 1.29 is 0 Å². The molecule has 0 N–H and O–H groups in total. The normalized spacial score (nSPS) is 58.2. The first-order valence-corrected chi connectivity index (χ1v) is 10.6. The molecule has 2 aliphatic rings. The lowest BCUT2D eigenvalue weighted by molar-refractivity contribution is -0.0387. The van der Waals surface area contributed by atoms with Gasteiger partial charge in [0.2, 0.25) is 0 Å². The molecule has 0 aliphatic heterocycles. The second-order valence-electron chi connectivity index (χ2n) is 10.2. The summed E-state index contributed by atoms with van der Waals surface area (Å²) in [7, 11) is 0. The minimum Gasteiger partial charge on any atom is -0.0620 e. The van der Waals surface area contributed by atoms with Gasteiger partial charge in [0, 0.05) is 0 Å². The first-order valence-electron chi connectivity index (χ1n) is 10.6. The Balaban J connectivity index is 2.19. The van der Waals surface area contributed by atoms with Crippen molar-refractivity contribution in [2.75, 3.05) is 0 Å². The van der Waals surface area contributed by atoms with Gasteiger partial charge in [0.05, 0.1) is 0 Å². The molecule has 0 radical (unpaired) electrons. The predicted molar refractivity (Wildman–Crippen MR) is 103 cm³/mol. The summed E-state index contributed by atoms with van der Waals surface area (Å²) < 4.78 is 0. The topological polar surface area (TPSA) is 0 Å². The zero-order chi connectivity index (χ0) is 17.6. The van der Waals surface area contributed by atoms with Gasteiger partial charge in [0.1, 0.15) is 0 Å². The molecule has 2 fully saturated rings. The van der Waals surface area contributed by atoms with E-state index in [1.165, 1.54) is 6.42 Å². The van der Waals surface area contributed by atoms with Gasteiger partial charge in [-0.1, -0.05) is 69.2 Å². The van der Waals surface area contributed by atoms with E-state index < -0.39 is 0 Å². The summed E-state index contributed by atoms with van der Waals surface area (Å²) in [5.41, 5.74) is 0. The molecule has 0 saturated heterocycles. The Labute approximate surface area is 147 Å². The molecule has 2 rings (SSSR count). The van der Waals surface area contributed by atoms with Gasteiger partial charge >= 0.3 is 0 Å². The first-order chi connectivity index (χ1) is 10.6. The van der Waals surface area contributed by atoms with E-state index in [4.69, 9.17) is 0 Å². The zero-order valence-corrected chi connectivity index (χ0v) is 17.6. The molecule has 2 saturated carbocycles. The molecule has 0 aromatic rings.